The van der Waals surface area contributed by atoms with Crippen LogP contribution in [-0.2, 0) is 12.7 Å². The minimum atomic E-state index is -4.54. The van der Waals surface area contributed by atoms with Gasteiger partial charge in [0.1, 0.15) is 5.82 Å². The Hall–Kier alpha value is -3.36. The SMILES string of the molecule is CC[C@H](C)n1c(CNC(=O)c2cccc(C(F)(F)F)c2)nc2cc(C(=O)O)ccc21. The summed E-state index contributed by atoms with van der Waals surface area (Å²) < 4.78 is 40.5. The fourth-order valence-corrected chi connectivity index (χ4v) is 3.18. The highest BCUT2D eigenvalue weighted by molar-refractivity contribution is 5.94. The summed E-state index contributed by atoms with van der Waals surface area (Å²) in [6, 6.07) is 8.80. The maximum absolute atomic E-state index is 12.9. The molecule has 1 heterocycles. The van der Waals surface area contributed by atoms with E-state index in [1.807, 2.05) is 18.4 Å². The minimum Gasteiger partial charge on any atom is -0.478 e. The molecule has 0 spiro atoms. The van der Waals surface area contributed by atoms with Crippen molar-refractivity contribution in [2.24, 2.45) is 0 Å². The molecule has 6 nitrogen and oxygen atoms in total. The normalized spacial score (nSPS) is 12.7. The molecule has 0 saturated carbocycles. The molecule has 30 heavy (non-hydrogen) atoms. The van der Waals surface area contributed by atoms with Crippen molar-refractivity contribution in [2.75, 3.05) is 0 Å². The van der Waals surface area contributed by atoms with Gasteiger partial charge in [0.05, 0.1) is 28.7 Å². The first kappa shape index (κ1) is 21.4. The number of alkyl halides is 3. The highest BCUT2D eigenvalue weighted by Gasteiger charge is 2.31. The number of benzene rings is 2. The van der Waals surface area contributed by atoms with E-state index in [1.54, 1.807) is 6.07 Å². The number of aromatic nitrogens is 2. The van der Waals surface area contributed by atoms with E-state index in [4.69, 9.17) is 0 Å². The number of halogens is 3. The lowest BCUT2D eigenvalue weighted by Gasteiger charge is -2.16. The van der Waals surface area contributed by atoms with Crippen molar-refractivity contribution in [3.05, 3.63) is 65.0 Å². The van der Waals surface area contributed by atoms with E-state index in [2.05, 4.69) is 10.3 Å². The maximum atomic E-state index is 12.9. The molecule has 0 fully saturated rings. The molecule has 1 amide bonds. The Labute approximate surface area is 170 Å². The van der Waals surface area contributed by atoms with Gasteiger partial charge >= 0.3 is 12.1 Å². The topological polar surface area (TPSA) is 84.2 Å². The summed E-state index contributed by atoms with van der Waals surface area (Å²) in [5.74, 6) is -1.24. The van der Waals surface area contributed by atoms with Crippen molar-refractivity contribution >= 4 is 22.9 Å². The lowest BCUT2D eigenvalue weighted by Crippen LogP contribution is -2.25. The molecule has 3 rings (SSSR count). The molecule has 0 aliphatic carbocycles. The molecule has 9 heteroatoms. The van der Waals surface area contributed by atoms with Gasteiger partial charge < -0.3 is 15.0 Å². The predicted octanol–water partition coefficient (Wildman–Crippen LogP) is 4.65. The van der Waals surface area contributed by atoms with Crippen molar-refractivity contribution in [3.8, 4) is 0 Å². The van der Waals surface area contributed by atoms with Crippen LogP contribution in [0.15, 0.2) is 42.5 Å². The largest absolute Gasteiger partial charge is 0.478 e. The van der Waals surface area contributed by atoms with Gasteiger partial charge in [0.15, 0.2) is 0 Å². The Bertz CT molecular complexity index is 1110. The van der Waals surface area contributed by atoms with Gasteiger partial charge in [0, 0.05) is 11.6 Å². The number of aromatic carboxylic acids is 1. The molecule has 0 unspecified atom stereocenters. The second kappa shape index (κ2) is 8.17. The van der Waals surface area contributed by atoms with Crippen molar-refractivity contribution in [1.29, 1.82) is 0 Å². The Morgan fingerprint density at radius 2 is 1.90 bits per heavy atom. The van der Waals surface area contributed by atoms with Gasteiger partial charge in [-0.1, -0.05) is 13.0 Å². The summed E-state index contributed by atoms with van der Waals surface area (Å²) in [4.78, 5) is 28.1. The zero-order chi connectivity index (χ0) is 22.1. The van der Waals surface area contributed by atoms with E-state index >= 15 is 0 Å². The van der Waals surface area contributed by atoms with E-state index in [0.29, 0.717) is 11.3 Å². The van der Waals surface area contributed by atoms with Crippen LogP contribution in [0, 0.1) is 0 Å². The van der Waals surface area contributed by atoms with Crippen molar-refractivity contribution in [2.45, 2.75) is 39.0 Å². The van der Waals surface area contributed by atoms with E-state index in [0.717, 1.165) is 24.1 Å². The molecule has 2 N–H and O–H groups in total. The van der Waals surface area contributed by atoms with Crippen LogP contribution < -0.4 is 5.32 Å². The number of fused-ring (bicyclic) bond motifs is 1. The summed E-state index contributed by atoms with van der Waals surface area (Å²) >= 11 is 0. The third-order valence-corrected chi connectivity index (χ3v) is 4.90. The van der Waals surface area contributed by atoms with Crippen LogP contribution in [0.5, 0.6) is 0 Å². The fraction of sp³-hybridized carbons (Fsp3) is 0.286. The van der Waals surface area contributed by atoms with Crippen LogP contribution in [0.1, 0.15) is 58.4 Å². The minimum absolute atomic E-state index is 0.0174. The number of carbonyl (C=O) groups is 2. The monoisotopic (exact) mass is 419 g/mol. The first-order valence-corrected chi connectivity index (χ1v) is 9.31. The van der Waals surface area contributed by atoms with Gasteiger partial charge in [-0.2, -0.15) is 13.2 Å². The first-order chi connectivity index (χ1) is 14.1. The van der Waals surface area contributed by atoms with Crippen molar-refractivity contribution in [1.82, 2.24) is 14.9 Å². The summed E-state index contributed by atoms with van der Waals surface area (Å²) in [5.41, 5.74) is 0.277. The Balaban J connectivity index is 1.89. The fourth-order valence-electron chi connectivity index (χ4n) is 3.18. The van der Waals surface area contributed by atoms with Crippen LogP contribution in [0.4, 0.5) is 13.2 Å². The average Bonchev–Trinajstić information content (AvgIpc) is 3.08. The number of carboxylic acids is 1. The van der Waals surface area contributed by atoms with E-state index in [9.17, 15) is 27.9 Å². The number of hydrogen-bond acceptors (Lipinski definition) is 3. The Kier molecular flexibility index (Phi) is 5.82. The molecule has 3 aromatic rings. The summed E-state index contributed by atoms with van der Waals surface area (Å²) in [5, 5.41) is 11.8. The molecule has 0 radical (unpaired) electrons. The quantitative estimate of drug-likeness (QED) is 0.609. The molecule has 2 aromatic carbocycles. The second-order valence-corrected chi connectivity index (χ2v) is 6.93. The van der Waals surface area contributed by atoms with Crippen LogP contribution in [0.25, 0.3) is 11.0 Å². The second-order valence-electron chi connectivity index (χ2n) is 6.93. The summed E-state index contributed by atoms with van der Waals surface area (Å²) in [6.45, 7) is 3.92. The van der Waals surface area contributed by atoms with E-state index < -0.39 is 23.6 Å². The van der Waals surface area contributed by atoms with Crippen LogP contribution >= 0.6 is 0 Å². The molecule has 0 bridgehead atoms. The first-order valence-electron chi connectivity index (χ1n) is 9.31. The molecule has 0 aliphatic heterocycles. The lowest BCUT2D eigenvalue weighted by atomic mass is 10.1. The zero-order valence-electron chi connectivity index (χ0n) is 16.3. The maximum Gasteiger partial charge on any atom is 0.416 e. The Morgan fingerprint density at radius 1 is 1.17 bits per heavy atom. The third-order valence-electron chi connectivity index (χ3n) is 4.90. The van der Waals surface area contributed by atoms with Crippen molar-refractivity contribution < 1.29 is 27.9 Å². The summed E-state index contributed by atoms with van der Waals surface area (Å²) in [7, 11) is 0. The highest BCUT2D eigenvalue weighted by atomic mass is 19.4. The molecule has 0 saturated heterocycles. The van der Waals surface area contributed by atoms with Crippen LogP contribution in [0.2, 0.25) is 0 Å². The van der Waals surface area contributed by atoms with Crippen LogP contribution in [0.3, 0.4) is 0 Å². The number of nitrogens with zero attached hydrogens (tertiary/aromatic N) is 2. The Morgan fingerprint density at radius 3 is 2.53 bits per heavy atom. The third kappa shape index (κ3) is 4.29. The number of rotatable bonds is 6. The number of imidazole rings is 1. The highest BCUT2D eigenvalue weighted by Crippen LogP contribution is 2.29. The van der Waals surface area contributed by atoms with Gasteiger partial charge in [-0.15, -0.1) is 0 Å². The summed E-state index contributed by atoms with van der Waals surface area (Å²) in [6.07, 6.45) is -3.77. The van der Waals surface area contributed by atoms with Crippen molar-refractivity contribution in [3.63, 3.8) is 0 Å². The van der Waals surface area contributed by atoms with Gasteiger partial charge in [-0.05, 0) is 49.7 Å². The molecular weight excluding hydrogens is 399 g/mol. The smallest absolute Gasteiger partial charge is 0.416 e. The molecule has 1 aromatic heterocycles. The lowest BCUT2D eigenvalue weighted by molar-refractivity contribution is -0.137. The standard InChI is InChI=1S/C21H20F3N3O3/c1-3-12(2)27-17-8-7-14(20(29)30)10-16(17)26-18(27)11-25-19(28)13-5-4-6-15(9-13)21(22,23)24/h4-10,12H,3,11H2,1-2H3,(H,25,28)(H,29,30)/t12-/m0/s1. The number of carbonyl (C=O) groups excluding carboxylic acids is 1. The van der Waals surface area contributed by atoms with Gasteiger partial charge in [0.25, 0.3) is 5.91 Å². The number of nitrogens with one attached hydrogen (secondary N) is 1. The van der Waals surface area contributed by atoms with Gasteiger partial charge in [-0.25, -0.2) is 9.78 Å². The molecule has 1 atom stereocenters. The molecule has 0 aliphatic rings. The van der Waals surface area contributed by atoms with E-state index in [-0.39, 0.29) is 23.7 Å². The van der Waals surface area contributed by atoms with E-state index in [1.165, 1.54) is 24.3 Å². The number of amides is 1. The van der Waals surface area contributed by atoms with Gasteiger partial charge in [0.2, 0.25) is 0 Å². The van der Waals surface area contributed by atoms with Crippen LogP contribution in [-0.4, -0.2) is 26.5 Å². The average molecular weight is 419 g/mol. The number of carboxylic acid groups (broad SMARTS) is 1. The van der Waals surface area contributed by atoms with Gasteiger partial charge in [-0.3, -0.25) is 4.79 Å². The number of hydrogen-bond donors (Lipinski definition) is 2. The predicted molar refractivity (Wildman–Crippen MR) is 104 cm³/mol. The molecule has 158 valence electrons. The zero-order valence-corrected chi connectivity index (χ0v) is 16.3. The molecular formula is C21H20F3N3O3.